The summed E-state index contributed by atoms with van der Waals surface area (Å²) in [6.45, 7) is 0. The molecule has 7 aliphatic rings. The van der Waals surface area contributed by atoms with E-state index < -0.39 is 0 Å². The number of nitrogens with zero attached hydrogens (tertiary/aromatic N) is 1. The summed E-state index contributed by atoms with van der Waals surface area (Å²) in [5, 5.41) is 2.36. The highest BCUT2D eigenvalue weighted by Crippen LogP contribution is 2.71. The van der Waals surface area contributed by atoms with Crippen molar-refractivity contribution >= 4 is 39.0 Å². The van der Waals surface area contributed by atoms with E-state index in [2.05, 4.69) is 132 Å². The predicted molar refractivity (Wildman–Crippen MR) is 221 cm³/mol. The minimum absolute atomic E-state index is 0.0487. The summed E-state index contributed by atoms with van der Waals surface area (Å²) >= 11 is 0. The summed E-state index contributed by atoms with van der Waals surface area (Å²) in [7, 11) is 0. The van der Waals surface area contributed by atoms with Crippen molar-refractivity contribution in [1.82, 2.24) is 0 Å². The van der Waals surface area contributed by atoms with Gasteiger partial charge in [-0.25, -0.2) is 0 Å². The Morgan fingerprint density at radius 2 is 1.11 bits per heavy atom. The number of para-hydroxylation sites is 1. The fourth-order valence-corrected chi connectivity index (χ4v) is 13.9. The second kappa shape index (κ2) is 10.8. The molecule has 0 aliphatic heterocycles. The van der Waals surface area contributed by atoms with Crippen LogP contribution in [-0.4, -0.2) is 0 Å². The summed E-state index contributed by atoms with van der Waals surface area (Å²) in [5.74, 6) is 3.18. The van der Waals surface area contributed by atoms with Crippen LogP contribution in [0.2, 0.25) is 0 Å². The standard InChI is InChI=1S/C52H45NO/c1-8-23-51(24-9-1)44-15-5-2-12-39(44)43-30-36(20-22-45(43)51)53(37-19-21-41-40-13-4-7-18-48(40)54-49(41)31-37)47-17-10-14-42-38-11-3-6-16-46(38)52(50(42)47)34-26-32-25-33(28-34)29-35(52)27-32/h2-7,10-22,30-35H,1,8-9,23-29H2. The lowest BCUT2D eigenvalue weighted by Crippen LogP contribution is -2.55. The Kier molecular flexibility index (Phi) is 6.04. The van der Waals surface area contributed by atoms with Crippen molar-refractivity contribution in [3.63, 3.8) is 0 Å². The summed E-state index contributed by atoms with van der Waals surface area (Å²) in [4.78, 5) is 2.64. The van der Waals surface area contributed by atoms with Gasteiger partial charge >= 0.3 is 0 Å². The van der Waals surface area contributed by atoms with Gasteiger partial charge in [-0.15, -0.1) is 0 Å². The zero-order chi connectivity index (χ0) is 35.2. The van der Waals surface area contributed by atoms with Crippen LogP contribution in [0.15, 0.2) is 132 Å². The number of furan rings is 1. The lowest BCUT2D eigenvalue weighted by Gasteiger charge is -2.61. The number of fused-ring (bicyclic) bond motifs is 11. The molecule has 6 aromatic carbocycles. The van der Waals surface area contributed by atoms with Crippen molar-refractivity contribution in [3.05, 3.63) is 150 Å². The van der Waals surface area contributed by atoms with Crippen molar-refractivity contribution in [1.29, 1.82) is 0 Å². The van der Waals surface area contributed by atoms with Gasteiger partial charge in [0.1, 0.15) is 11.2 Å². The molecule has 7 aromatic rings. The highest BCUT2D eigenvalue weighted by Gasteiger charge is 2.62. The van der Waals surface area contributed by atoms with Gasteiger partial charge in [-0.1, -0.05) is 104 Å². The largest absolute Gasteiger partial charge is 0.456 e. The van der Waals surface area contributed by atoms with Gasteiger partial charge in [0.15, 0.2) is 0 Å². The molecule has 54 heavy (non-hydrogen) atoms. The summed E-state index contributed by atoms with van der Waals surface area (Å²) in [6, 6.07) is 49.2. The van der Waals surface area contributed by atoms with Crippen LogP contribution in [-0.2, 0) is 10.8 Å². The second-order valence-corrected chi connectivity index (χ2v) is 18.0. The molecular weight excluding hydrogens is 655 g/mol. The Balaban J connectivity index is 1.08. The van der Waals surface area contributed by atoms with Gasteiger partial charge in [-0.2, -0.15) is 0 Å². The molecule has 7 aliphatic carbocycles. The Morgan fingerprint density at radius 3 is 1.93 bits per heavy atom. The lowest BCUT2D eigenvalue weighted by molar-refractivity contribution is -0.0397. The van der Waals surface area contributed by atoms with E-state index in [1.54, 1.807) is 22.3 Å². The van der Waals surface area contributed by atoms with E-state index in [9.17, 15) is 0 Å². The third kappa shape index (κ3) is 3.77. The molecule has 2 spiro atoms. The molecule has 0 saturated heterocycles. The molecule has 0 N–H and O–H groups in total. The molecule has 0 unspecified atom stereocenters. The highest BCUT2D eigenvalue weighted by atomic mass is 16.3. The summed E-state index contributed by atoms with van der Waals surface area (Å²) < 4.78 is 6.61. The first-order chi connectivity index (χ1) is 26.7. The third-order valence-electron chi connectivity index (χ3n) is 15.6. The Hall–Kier alpha value is -5.08. The second-order valence-electron chi connectivity index (χ2n) is 18.0. The fraction of sp³-hybridized carbons (Fsp3) is 0.308. The van der Waals surface area contributed by atoms with Crippen molar-refractivity contribution in [2.24, 2.45) is 23.7 Å². The SMILES string of the molecule is c1ccc2c(c1)-c1cc(N(c3ccc4c(c3)oc3ccccc34)c3cccc4c3C3(c5ccccc5-4)C4CC5CC(C4)CC3C5)ccc1C21CCCCC1. The number of hydrogen-bond donors (Lipinski definition) is 0. The van der Waals surface area contributed by atoms with Crippen LogP contribution in [0.5, 0.6) is 0 Å². The molecule has 5 saturated carbocycles. The van der Waals surface area contributed by atoms with Gasteiger partial charge in [0.2, 0.25) is 0 Å². The first-order valence-corrected chi connectivity index (χ1v) is 20.9. The summed E-state index contributed by atoms with van der Waals surface area (Å²) in [6.07, 6.45) is 13.4. The predicted octanol–water partition coefficient (Wildman–Crippen LogP) is 14.0. The van der Waals surface area contributed by atoms with E-state index in [-0.39, 0.29) is 10.8 Å². The van der Waals surface area contributed by atoms with Gasteiger partial charge < -0.3 is 9.32 Å². The average molecular weight is 700 g/mol. The first kappa shape index (κ1) is 30.3. The van der Waals surface area contributed by atoms with Crippen LogP contribution in [0.25, 0.3) is 44.2 Å². The normalized spacial score (nSPS) is 26.4. The van der Waals surface area contributed by atoms with E-state index in [1.165, 1.54) is 114 Å². The molecule has 2 heteroatoms. The molecule has 1 aromatic heterocycles. The van der Waals surface area contributed by atoms with Gasteiger partial charge in [-0.05, 0) is 150 Å². The zero-order valence-corrected chi connectivity index (χ0v) is 30.9. The van der Waals surface area contributed by atoms with Crippen LogP contribution >= 0.6 is 0 Å². The molecule has 0 amide bonds. The fourth-order valence-electron chi connectivity index (χ4n) is 13.9. The van der Waals surface area contributed by atoms with Crippen LogP contribution < -0.4 is 4.90 Å². The molecule has 5 fully saturated rings. The van der Waals surface area contributed by atoms with Gasteiger partial charge in [0, 0.05) is 39.0 Å². The van der Waals surface area contributed by atoms with E-state index in [0.717, 1.165) is 23.0 Å². The molecule has 264 valence electrons. The topological polar surface area (TPSA) is 16.4 Å². The van der Waals surface area contributed by atoms with E-state index in [1.807, 2.05) is 0 Å². The van der Waals surface area contributed by atoms with Crippen molar-refractivity contribution < 1.29 is 4.42 Å². The van der Waals surface area contributed by atoms with Crippen LogP contribution in [0, 0.1) is 23.7 Å². The number of hydrogen-bond acceptors (Lipinski definition) is 2. The van der Waals surface area contributed by atoms with Crippen LogP contribution in [0.3, 0.4) is 0 Å². The molecule has 4 bridgehead atoms. The van der Waals surface area contributed by atoms with E-state index >= 15 is 0 Å². The van der Waals surface area contributed by atoms with Gasteiger partial charge in [0.05, 0.1) is 5.69 Å². The minimum Gasteiger partial charge on any atom is -0.456 e. The summed E-state index contributed by atoms with van der Waals surface area (Å²) in [5.41, 5.74) is 17.9. The lowest BCUT2D eigenvalue weighted by atomic mass is 9.43. The number of benzene rings is 6. The van der Waals surface area contributed by atoms with Crippen molar-refractivity contribution in [2.75, 3.05) is 4.90 Å². The Morgan fingerprint density at radius 1 is 0.481 bits per heavy atom. The number of anilines is 3. The number of rotatable bonds is 3. The first-order valence-electron chi connectivity index (χ1n) is 20.9. The molecule has 14 rings (SSSR count). The van der Waals surface area contributed by atoms with Crippen LogP contribution in [0.4, 0.5) is 17.1 Å². The molecule has 0 atom stereocenters. The van der Waals surface area contributed by atoms with Gasteiger partial charge in [-0.3, -0.25) is 0 Å². The Bertz CT molecular complexity index is 2660. The highest BCUT2D eigenvalue weighted by molar-refractivity contribution is 6.06. The maximum absolute atomic E-state index is 6.61. The van der Waals surface area contributed by atoms with Crippen LogP contribution in [0.1, 0.15) is 86.5 Å². The molecule has 1 heterocycles. The molecule has 2 nitrogen and oxygen atoms in total. The van der Waals surface area contributed by atoms with Crippen molar-refractivity contribution in [2.45, 2.75) is 75.0 Å². The van der Waals surface area contributed by atoms with Crippen molar-refractivity contribution in [3.8, 4) is 22.3 Å². The maximum atomic E-state index is 6.61. The molecular formula is C52H45NO. The smallest absolute Gasteiger partial charge is 0.137 e. The monoisotopic (exact) mass is 699 g/mol. The average Bonchev–Trinajstić information content (AvgIpc) is 3.82. The third-order valence-corrected chi connectivity index (χ3v) is 15.6. The zero-order valence-electron chi connectivity index (χ0n) is 30.9. The maximum Gasteiger partial charge on any atom is 0.137 e. The molecule has 0 radical (unpaired) electrons. The minimum atomic E-state index is 0.0487. The Labute approximate surface area is 317 Å². The van der Waals surface area contributed by atoms with E-state index in [4.69, 9.17) is 4.42 Å². The quantitative estimate of drug-likeness (QED) is 0.183. The van der Waals surface area contributed by atoms with E-state index in [0.29, 0.717) is 11.8 Å². The van der Waals surface area contributed by atoms with Gasteiger partial charge in [0.25, 0.3) is 0 Å².